The van der Waals surface area contributed by atoms with E-state index in [4.69, 9.17) is 4.74 Å². The van der Waals surface area contributed by atoms with E-state index in [0.29, 0.717) is 12.5 Å². The standard InChI is InChI=1S/C29H50O2/c1-6-8-10-12-13-15-17-21-27(20-16-14-11-9-7-2)23-31-29(30)26(5)28-22-18-19-24(3)25(28)4/h18-19,22,26-27H,6-17,20-21,23H2,1-5H3. The van der Waals surface area contributed by atoms with Crippen LogP contribution in [0.15, 0.2) is 18.2 Å². The summed E-state index contributed by atoms with van der Waals surface area (Å²) in [7, 11) is 0. The molecule has 1 aromatic carbocycles. The Labute approximate surface area is 193 Å². The van der Waals surface area contributed by atoms with E-state index in [1.54, 1.807) is 0 Å². The minimum absolute atomic E-state index is 0.0655. The van der Waals surface area contributed by atoms with Crippen LogP contribution in [-0.4, -0.2) is 12.6 Å². The lowest BCUT2D eigenvalue weighted by atomic mass is 9.93. The predicted molar refractivity (Wildman–Crippen MR) is 135 cm³/mol. The second kappa shape index (κ2) is 17.3. The molecule has 0 radical (unpaired) electrons. The predicted octanol–water partition coefficient (Wildman–Crippen LogP) is 9.07. The van der Waals surface area contributed by atoms with Crippen LogP contribution in [0.25, 0.3) is 0 Å². The highest BCUT2D eigenvalue weighted by atomic mass is 16.5. The van der Waals surface area contributed by atoms with Gasteiger partial charge in [0.15, 0.2) is 0 Å². The highest BCUT2D eigenvalue weighted by Crippen LogP contribution is 2.25. The Bertz CT molecular complexity index is 592. The van der Waals surface area contributed by atoms with Crippen LogP contribution in [0.5, 0.6) is 0 Å². The minimum Gasteiger partial charge on any atom is -0.465 e. The van der Waals surface area contributed by atoms with Gasteiger partial charge in [0.25, 0.3) is 0 Å². The second-order valence-corrected chi connectivity index (χ2v) is 9.62. The molecule has 2 unspecified atom stereocenters. The van der Waals surface area contributed by atoms with Gasteiger partial charge in [-0.2, -0.15) is 0 Å². The van der Waals surface area contributed by atoms with Gasteiger partial charge in [0, 0.05) is 0 Å². The van der Waals surface area contributed by atoms with E-state index in [2.05, 4.69) is 39.8 Å². The van der Waals surface area contributed by atoms with Gasteiger partial charge in [-0.3, -0.25) is 4.79 Å². The Hall–Kier alpha value is -1.31. The van der Waals surface area contributed by atoms with Gasteiger partial charge in [-0.1, -0.05) is 109 Å². The topological polar surface area (TPSA) is 26.3 Å². The third-order valence-electron chi connectivity index (χ3n) is 6.86. The number of esters is 1. The highest BCUT2D eigenvalue weighted by Gasteiger charge is 2.21. The molecule has 2 atom stereocenters. The molecule has 0 spiro atoms. The summed E-state index contributed by atoms with van der Waals surface area (Å²) in [6.45, 7) is 11.3. The van der Waals surface area contributed by atoms with Crippen molar-refractivity contribution in [3.8, 4) is 0 Å². The van der Waals surface area contributed by atoms with Crippen molar-refractivity contribution in [1.29, 1.82) is 0 Å². The summed E-state index contributed by atoms with van der Waals surface area (Å²) < 4.78 is 5.86. The molecule has 1 rings (SSSR count). The van der Waals surface area contributed by atoms with Crippen LogP contribution < -0.4 is 0 Å². The largest absolute Gasteiger partial charge is 0.465 e. The van der Waals surface area contributed by atoms with Crippen molar-refractivity contribution in [2.24, 2.45) is 5.92 Å². The molecule has 2 heteroatoms. The number of hydrogen-bond donors (Lipinski definition) is 0. The van der Waals surface area contributed by atoms with Gasteiger partial charge in [0.2, 0.25) is 0 Å². The maximum absolute atomic E-state index is 12.8. The Morgan fingerprint density at radius 2 is 1.32 bits per heavy atom. The lowest BCUT2D eigenvalue weighted by Gasteiger charge is -2.20. The van der Waals surface area contributed by atoms with Crippen molar-refractivity contribution in [2.45, 2.75) is 130 Å². The molecule has 0 aliphatic heterocycles. The summed E-state index contributed by atoms with van der Waals surface area (Å²) in [5, 5.41) is 0. The van der Waals surface area contributed by atoms with E-state index in [1.165, 1.54) is 101 Å². The molecule has 0 saturated heterocycles. The van der Waals surface area contributed by atoms with E-state index in [-0.39, 0.29) is 11.9 Å². The summed E-state index contributed by atoms with van der Waals surface area (Å²) in [5.41, 5.74) is 3.55. The molecule has 0 bridgehead atoms. The van der Waals surface area contributed by atoms with Crippen LogP contribution in [-0.2, 0) is 9.53 Å². The maximum Gasteiger partial charge on any atom is 0.313 e. The lowest BCUT2D eigenvalue weighted by molar-refractivity contribution is -0.146. The summed E-state index contributed by atoms with van der Waals surface area (Å²) in [6.07, 6.45) is 18.3. The fourth-order valence-electron chi connectivity index (χ4n) is 4.43. The van der Waals surface area contributed by atoms with Gasteiger partial charge in [-0.15, -0.1) is 0 Å². The first-order valence-corrected chi connectivity index (χ1v) is 13.2. The average molecular weight is 431 g/mol. The van der Waals surface area contributed by atoms with Gasteiger partial charge in [-0.05, 0) is 56.2 Å². The second-order valence-electron chi connectivity index (χ2n) is 9.62. The molecular weight excluding hydrogens is 380 g/mol. The van der Waals surface area contributed by atoms with Crippen LogP contribution in [0.3, 0.4) is 0 Å². The maximum atomic E-state index is 12.8. The summed E-state index contributed by atoms with van der Waals surface area (Å²) in [5.74, 6) is 0.264. The SMILES string of the molecule is CCCCCCCCCC(CCCCCCC)COC(=O)C(C)c1cccc(C)c1C. The normalized spacial score (nSPS) is 13.2. The summed E-state index contributed by atoms with van der Waals surface area (Å²) >= 11 is 0. The zero-order chi connectivity index (χ0) is 22.9. The Morgan fingerprint density at radius 1 is 0.806 bits per heavy atom. The molecule has 1 aromatic rings. The number of hydrogen-bond acceptors (Lipinski definition) is 2. The molecule has 0 fully saturated rings. The van der Waals surface area contributed by atoms with Crippen LogP contribution in [0.4, 0.5) is 0 Å². The monoisotopic (exact) mass is 430 g/mol. The van der Waals surface area contributed by atoms with E-state index in [0.717, 1.165) is 5.56 Å². The molecule has 0 aliphatic carbocycles. The van der Waals surface area contributed by atoms with Crippen molar-refractivity contribution in [1.82, 2.24) is 0 Å². The van der Waals surface area contributed by atoms with E-state index >= 15 is 0 Å². The zero-order valence-corrected chi connectivity index (χ0v) is 21.3. The quantitative estimate of drug-likeness (QED) is 0.171. The van der Waals surface area contributed by atoms with Gasteiger partial charge in [-0.25, -0.2) is 0 Å². The molecule has 0 amide bonds. The molecule has 0 aliphatic rings. The van der Waals surface area contributed by atoms with Gasteiger partial charge < -0.3 is 4.74 Å². The van der Waals surface area contributed by atoms with Crippen molar-refractivity contribution in [3.63, 3.8) is 0 Å². The van der Waals surface area contributed by atoms with Gasteiger partial charge in [0.1, 0.15) is 0 Å². The number of carbonyl (C=O) groups is 1. The highest BCUT2D eigenvalue weighted by molar-refractivity contribution is 5.78. The Morgan fingerprint density at radius 3 is 1.87 bits per heavy atom. The number of rotatable bonds is 18. The van der Waals surface area contributed by atoms with Crippen LogP contribution in [0, 0.1) is 19.8 Å². The molecule has 0 N–H and O–H groups in total. The number of ether oxygens (including phenoxy) is 1. The summed E-state index contributed by atoms with van der Waals surface area (Å²) in [4.78, 5) is 12.8. The fourth-order valence-corrected chi connectivity index (χ4v) is 4.43. The van der Waals surface area contributed by atoms with Crippen molar-refractivity contribution < 1.29 is 9.53 Å². The van der Waals surface area contributed by atoms with Gasteiger partial charge >= 0.3 is 5.97 Å². The average Bonchev–Trinajstić information content (AvgIpc) is 2.77. The van der Waals surface area contributed by atoms with Crippen LogP contribution in [0.2, 0.25) is 0 Å². The number of unbranched alkanes of at least 4 members (excludes halogenated alkanes) is 10. The third kappa shape index (κ3) is 11.8. The Kier molecular flexibility index (Phi) is 15.4. The first-order chi connectivity index (χ1) is 15.0. The van der Waals surface area contributed by atoms with E-state index in [1.807, 2.05) is 13.0 Å². The first-order valence-electron chi connectivity index (χ1n) is 13.2. The van der Waals surface area contributed by atoms with E-state index in [9.17, 15) is 4.79 Å². The molecule has 0 heterocycles. The molecular formula is C29H50O2. The molecule has 0 saturated carbocycles. The van der Waals surface area contributed by atoms with Gasteiger partial charge in [0.05, 0.1) is 12.5 Å². The van der Waals surface area contributed by atoms with Crippen LogP contribution >= 0.6 is 0 Å². The smallest absolute Gasteiger partial charge is 0.313 e. The number of aryl methyl sites for hydroxylation is 1. The first kappa shape index (κ1) is 27.7. The Balaban J connectivity index is 2.48. The third-order valence-corrected chi connectivity index (χ3v) is 6.86. The summed E-state index contributed by atoms with van der Waals surface area (Å²) in [6, 6.07) is 6.22. The van der Waals surface area contributed by atoms with Crippen molar-refractivity contribution in [3.05, 3.63) is 34.9 Å². The molecule has 31 heavy (non-hydrogen) atoms. The van der Waals surface area contributed by atoms with Crippen molar-refractivity contribution >= 4 is 5.97 Å². The molecule has 178 valence electrons. The number of benzene rings is 1. The molecule has 2 nitrogen and oxygen atoms in total. The lowest BCUT2D eigenvalue weighted by Crippen LogP contribution is -2.19. The van der Waals surface area contributed by atoms with Crippen molar-refractivity contribution in [2.75, 3.05) is 6.61 Å². The van der Waals surface area contributed by atoms with E-state index < -0.39 is 0 Å². The van der Waals surface area contributed by atoms with Crippen LogP contribution in [0.1, 0.15) is 133 Å². The molecule has 0 aromatic heterocycles. The fraction of sp³-hybridized carbons (Fsp3) is 0.759. The minimum atomic E-state index is -0.191. The zero-order valence-electron chi connectivity index (χ0n) is 21.3. The number of carbonyl (C=O) groups excluding carboxylic acids is 1.